The zero-order valence-electron chi connectivity index (χ0n) is 13.2. The molecule has 0 saturated carbocycles. The smallest absolute Gasteiger partial charge is 0.247 e. The zero-order chi connectivity index (χ0) is 17.2. The summed E-state index contributed by atoms with van der Waals surface area (Å²) in [6, 6.07) is 19.1. The van der Waals surface area contributed by atoms with Crippen molar-refractivity contribution >= 4 is 28.9 Å². The van der Waals surface area contributed by atoms with Gasteiger partial charge in [0.2, 0.25) is 5.95 Å². The second-order valence-electron chi connectivity index (χ2n) is 5.62. The third-order valence-electron chi connectivity index (χ3n) is 3.88. The summed E-state index contributed by atoms with van der Waals surface area (Å²) in [6.07, 6.45) is 1.90. The molecule has 0 atom stereocenters. The molecule has 2 aromatic heterocycles. The molecule has 2 heterocycles. The highest BCUT2D eigenvalue weighted by atomic mass is 35.5. The summed E-state index contributed by atoms with van der Waals surface area (Å²) in [5.74, 6) is 0.492. The van der Waals surface area contributed by atoms with Gasteiger partial charge in [-0.05, 0) is 35.9 Å². The van der Waals surface area contributed by atoms with Gasteiger partial charge in [0.1, 0.15) is 0 Å². The number of nitrogens with zero attached hydrogens (tertiary/aromatic N) is 3. The topological polar surface area (TPSA) is 62.5 Å². The Morgan fingerprint density at radius 1 is 1.04 bits per heavy atom. The molecule has 4 aromatic rings. The summed E-state index contributed by atoms with van der Waals surface area (Å²) in [6.45, 7) is -0.00465. The molecule has 6 heteroatoms. The Hall–Kier alpha value is -2.89. The third-order valence-corrected chi connectivity index (χ3v) is 4.21. The molecule has 0 saturated heterocycles. The van der Waals surface area contributed by atoms with Crippen molar-refractivity contribution in [2.45, 2.75) is 6.61 Å². The molecule has 0 spiro atoms. The van der Waals surface area contributed by atoms with Crippen LogP contribution in [0.5, 0.6) is 0 Å². The summed E-state index contributed by atoms with van der Waals surface area (Å²) < 4.78 is 1.72. The third kappa shape index (κ3) is 3.20. The average Bonchev–Trinajstić information content (AvgIpc) is 3.03. The van der Waals surface area contributed by atoms with Gasteiger partial charge in [-0.3, -0.25) is 0 Å². The first-order valence-corrected chi connectivity index (χ1v) is 8.19. The number of aliphatic hydroxyl groups is 1. The molecule has 2 aromatic carbocycles. The fourth-order valence-electron chi connectivity index (χ4n) is 2.67. The number of halogens is 1. The van der Waals surface area contributed by atoms with Crippen molar-refractivity contribution in [3.05, 3.63) is 77.4 Å². The molecule has 0 aliphatic rings. The number of hydrogen-bond donors (Lipinski definition) is 2. The van der Waals surface area contributed by atoms with Gasteiger partial charge in [0, 0.05) is 28.0 Å². The number of nitrogens with one attached hydrogen (secondary N) is 1. The van der Waals surface area contributed by atoms with Crippen molar-refractivity contribution < 1.29 is 5.11 Å². The maximum absolute atomic E-state index is 9.23. The van der Waals surface area contributed by atoms with E-state index in [-0.39, 0.29) is 6.61 Å². The van der Waals surface area contributed by atoms with Gasteiger partial charge in [-0.1, -0.05) is 41.9 Å². The highest BCUT2D eigenvalue weighted by molar-refractivity contribution is 6.33. The Balaban J connectivity index is 1.67. The van der Waals surface area contributed by atoms with E-state index in [1.807, 2.05) is 66.9 Å². The molecule has 0 bridgehead atoms. The second kappa shape index (κ2) is 6.55. The number of aromatic nitrogens is 3. The molecule has 0 aliphatic carbocycles. The molecule has 4 rings (SSSR count). The summed E-state index contributed by atoms with van der Waals surface area (Å²) in [7, 11) is 0. The lowest BCUT2D eigenvalue weighted by atomic mass is 10.1. The highest BCUT2D eigenvalue weighted by Gasteiger charge is 2.08. The predicted molar refractivity (Wildman–Crippen MR) is 99.1 cm³/mol. The monoisotopic (exact) mass is 350 g/mol. The number of rotatable bonds is 4. The first-order chi connectivity index (χ1) is 12.2. The first-order valence-electron chi connectivity index (χ1n) is 7.81. The summed E-state index contributed by atoms with van der Waals surface area (Å²) in [4.78, 5) is 4.47. The van der Waals surface area contributed by atoms with Crippen molar-refractivity contribution in [3.8, 4) is 11.1 Å². The van der Waals surface area contributed by atoms with Gasteiger partial charge in [0.25, 0.3) is 0 Å². The highest BCUT2D eigenvalue weighted by Crippen LogP contribution is 2.27. The van der Waals surface area contributed by atoms with Gasteiger partial charge >= 0.3 is 0 Å². The first kappa shape index (κ1) is 15.6. The van der Waals surface area contributed by atoms with E-state index in [0.717, 1.165) is 28.0 Å². The van der Waals surface area contributed by atoms with Crippen molar-refractivity contribution in [1.82, 2.24) is 14.6 Å². The largest absolute Gasteiger partial charge is 0.392 e. The Labute approximate surface area is 149 Å². The molecular formula is C19H15ClN4O. The van der Waals surface area contributed by atoms with Gasteiger partial charge in [0.05, 0.1) is 6.61 Å². The molecule has 0 amide bonds. The molecule has 0 radical (unpaired) electrons. The number of hydrogen-bond acceptors (Lipinski definition) is 4. The SMILES string of the molecule is OCc1cccc(Nc2nc3ccc(-c4ccccc4Cl)cn3n2)c1. The van der Waals surface area contributed by atoms with E-state index in [4.69, 9.17) is 11.6 Å². The molecule has 2 N–H and O–H groups in total. The van der Waals surface area contributed by atoms with E-state index in [1.54, 1.807) is 4.52 Å². The number of aliphatic hydroxyl groups excluding tert-OH is 1. The van der Waals surface area contributed by atoms with Crippen LogP contribution >= 0.6 is 11.6 Å². The van der Waals surface area contributed by atoms with Gasteiger partial charge in [-0.25, -0.2) is 4.52 Å². The zero-order valence-corrected chi connectivity index (χ0v) is 14.0. The molecule has 124 valence electrons. The van der Waals surface area contributed by atoms with E-state index in [9.17, 15) is 5.11 Å². The van der Waals surface area contributed by atoms with Crippen LogP contribution in [0.3, 0.4) is 0 Å². The average molecular weight is 351 g/mol. The van der Waals surface area contributed by atoms with E-state index in [1.165, 1.54) is 0 Å². The lowest BCUT2D eigenvalue weighted by Gasteiger charge is -2.04. The summed E-state index contributed by atoms with van der Waals surface area (Å²) >= 11 is 6.27. The molecule has 25 heavy (non-hydrogen) atoms. The molecule has 5 nitrogen and oxygen atoms in total. The Kier molecular flexibility index (Phi) is 4.09. The number of anilines is 2. The molecule has 0 aliphatic heterocycles. The minimum absolute atomic E-state index is 0.00465. The van der Waals surface area contributed by atoms with Crippen LogP contribution in [-0.4, -0.2) is 19.7 Å². The van der Waals surface area contributed by atoms with E-state index < -0.39 is 0 Å². The van der Waals surface area contributed by atoms with E-state index in [0.29, 0.717) is 11.0 Å². The standard InChI is InChI=1S/C19H15ClN4O/c20-17-7-2-1-6-16(17)14-8-9-18-22-19(23-24(18)11-14)21-15-5-3-4-13(10-15)12-25/h1-11,25H,12H2,(H,21,23). The minimum atomic E-state index is -0.00465. The molecule has 0 unspecified atom stereocenters. The fraction of sp³-hybridized carbons (Fsp3) is 0.0526. The van der Waals surface area contributed by atoms with Crippen LogP contribution in [-0.2, 0) is 6.61 Å². The van der Waals surface area contributed by atoms with Gasteiger partial charge in [-0.15, -0.1) is 5.10 Å². The van der Waals surface area contributed by atoms with Crippen LogP contribution in [0.25, 0.3) is 16.8 Å². The van der Waals surface area contributed by atoms with Crippen molar-refractivity contribution in [2.24, 2.45) is 0 Å². The lowest BCUT2D eigenvalue weighted by Crippen LogP contribution is -1.94. The van der Waals surface area contributed by atoms with Crippen LogP contribution in [0, 0.1) is 0 Å². The summed E-state index contributed by atoms with van der Waals surface area (Å²) in [5, 5.41) is 17.6. The number of fused-ring (bicyclic) bond motifs is 1. The lowest BCUT2D eigenvalue weighted by molar-refractivity contribution is 0.282. The van der Waals surface area contributed by atoms with Crippen LogP contribution in [0.1, 0.15) is 5.56 Å². The van der Waals surface area contributed by atoms with Gasteiger partial charge in [0.15, 0.2) is 5.65 Å². The predicted octanol–water partition coefficient (Wildman–Crippen LogP) is 4.29. The van der Waals surface area contributed by atoms with Crippen LogP contribution < -0.4 is 5.32 Å². The van der Waals surface area contributed by atoms with Crippen molar-refractivity contribution in [3.63, 3.8) is 0 Å². The maximum atomic E-state index is 9.23. The van der Waals surface area contributed by atoms with Crippen LogP contribution in [0.4, 0.5) is 11.6 Å². The molecular weight excluding hydrogens is 336 g/mol. The van der Waals surface area contributed by atoms with Gasteiger partial charge in [-0.2, -0.15) is 4.98 Å². The van der Waals surface area contributed by atoms with Gasteiger partial charge < -0.3 is 10.4 Å². The van der Waals surface area contributed by atoms with Crippen LogP contribution in [0.15, 0.2) is 66.9 Å². The van der Waals surface area contributed by atoms with E-state index >= 15 is 0 Å². The summed E-state index contributed by atoms with van der Waals surface area (Å²) in [5.41, 5.74) is 4.31. The Morgan fingerprint density at radius 3 is 2.76 bits per heavy atom. The minimum Gasteiger partial charge on any atom is -0.392 e. The van der Waals surface area contributed by atoms with Crippen LogP contribution in [0.2, 0.25) is 5.02 Å². The second-order valence-corrected chi connectivity index (χ2v) is 6.03. The Morgan fingerprint density at radius 2 is 1.92 bits per heavy atom. The maximum Gasteiger partial charge on any atom is 0.247 e. The quantitative estimate of drug-likeness (QED) is 0.576. The van der Waals surface area contributed by atoms with Crippen molar-refractivity contribution in [1.29, 1.82) is 0 Å². The fourth-order valence-corrected chi connectivity index (χ4v) is 2.91. The molecule has 0 fully saturated rings. The number of benzene rings is 2. The van der Waals surface area contributed by atoms with Crippen molar-refractivity contribution in [2.75, 3.05) is 5.32 Å². The normalized spacial score (nSPS) is 11.0. The number of pyridine rings is 1. The Bertz CT molecular complexity index is 1040. The van der Waals surface area contributed by atoms with E-state index in [2.05, 4.69) is 15.4 Å².